The third-order valence-electron chi connectivity index (χ3n) is 5.13. The highest BCUT2D eigenvalue weighted by Gasteiger charge is 2.63. The highest BCUT2D eigenvalue weighted by Crippen LogP contribution is 2.67. The molecule has 2 fully saturated rings. The molecule has 16 heavy (non-hydrogen) atoms. The molecular weight excluding hydrogens is 204 g/mol. The van der Waals surface area contributed by atoms with E-state index in [1.807, 2.05) is 0 Å². The van der Waals surface area contributed by atoms with Crippen LogP contribution in [0.2, 0.25) is 0 Å². The van der Waals surface area contributed by atoms with Gasteiger partial charge in [-0.3, -0.25) is 4.79 Å². The molecule has 2 N–H and O–H groups in total. The summed E-state index contributed by atoms with van der Waals surface area (Å²) < 4.78 is 0. The van der Waals surface area contributed by atoms with E-state index in [0.29, 0.717) is 5.92 Å². The number of rotatable bonds is 2. The monoisotopic (exact) mass is 224 g/mol. The Morgan fingerprint density at radius 1 is 1.50 bits per heavy atom. The van der Waals surface area contributed by atoms with E-state index in [4.69, 9.17) is 5.11 Å². The fraction of sp³-hybridized carbons (Fsp3) is 0.769. The number of aliphatic hydroxyl groups excluding tert-OH is 1. The summed E-state index contributed by atoms with van der Waals surface area (Å²) in [5.74, 6) is -0.475. The quantitative estimate of drug-likeness (QED) is 0.707. The summed E-state index contributed by atoms with van der Waals surface area (Å²) in [5.41, 5.74) is 0.958. The first-order chi connectivity index (χ1) is 7.30. The summed E-state index contributed by atoms with van der Waals surface area (Å²) in [4.78, 5) is 10.6. The van der Waals surface area contributed by atoms with Crippen LogP contribution in [0.5, 0.6) is 0 Å². The van der Waals surface area contributed by atoms with E-state index >= 15 is 0 Å². The standard InChI is InChI=1S/C13H20O3/c1-12(2)9-6-7-13(12,3)11(16)8(9)4-5-10(14)15/h4,9,11,16H,5-7H2,1-3H3,(H,14,15). The molecule has 0 spiro atoms. The van der Waals surface area contributed by atoms with Crippen molar-refractivity contribution in [2.24, 2.45) is 16.7 Å². The van der Waals surface area contributed by atoms with E-state index in [1.165, 1.54) is 0 Å². The zero-order chi connectivity index (χ0) is 12.1. The van der Waals surface area contributed by atoms with Gasteiger partial charge >= 0.3 is 5.97 Å². The van der Waals surface area contributed by atoms with Crippen molar-refractivity contribution in [3.05, 3.63) is 11.6 Å². The normalized spacial score (nSPS) is 42.9. The second kappa shape index (κ2) is 3.33. The molecule has 2 saturated carbocycles. The Labute approximate surface area is 96.2 Å². The summed E-state index contributed by atoms with van der Waals surface area (Å²) in [6.45, 7) is 6.50. The predicted molar refractivity (Wildman–Crippen MR) is 61.0 cm³/mol. The summed E-state index contributed by atoms with van der Waals surface area (Å²) in [6, 6.07) is 0. The Hall–Kier alpha value is -0.830. The molecular formula is C13H20O3. The van der Waals surface area contributed by atoms with Crippen molar-refractivity contribution >= 4 is 5.97 Å². The topological polar surface area (TPSA) is 57.5 Å². The molecule has 0 heterocycles. The van der Waals surface area contributed by atoms with Gasteiger partial charge in [0, 0.05) is 5.41 Å². The Kier molecular flexibility index (Phi) is 2.42. The van der Waals surface area contributed by atoms with Gasteiger partial charge in [-0.15, -0.1) is 0 Å². The fourth-order valence-electron chi connectivity index (χ4n) is 3.62. The number of aliphatic carboxylic acids is 1. The zero-order valence-electron chi connectivity index (χ0n) is 10.2. The number of hydrogen-bond acceptors (Lipinski definition) is 2. The van der Waals surface area contributed by atoms with Gasteiger partial charge in [0.2, 0.25) is 0 Å². The fourth-order valence-corrected chi connectivity index (χ4v) is 3.62. The van der Waals surface area contributed by atoms with Crippen LogP contribution in [0.25, 0.3) is 0 Å². The molecule has 0 aliphatic heterocycles. The molecule has 0 radical (unpaired) electrons. The first kappa shape index (κ1) is 11.6. The highest BCUT2D eigenvalue weighted by atomic mass is 16.4. The van der Waals surface area contributed by atoms with E-state index in [-0.39, 0.29) is 17.3 Å². The molecule has 3 nitrogen and oxygen atoms in total. The Morgan fingerprint density at radius 2 is 2.12 bits per heavy atom. The molecule has 2 rings (SSSR count). The van der Waals surface area contributed by atoms with Crippen molar-refractivity contribution < 1.29 is 15.0 Å². The maximum Gasteiger partial charge on any atom is 0.307 e. The van der Waals surface area contributed by atoms with Gasteiger partial charge in [-0.2, -0.15) is 0 Å². The number of carboxylic acids is 1. The van der Waals surface area contributed by atoms with Gasteiger partial charge in [0.05, 0.1) is 12.5 Å². The van der Waals surface area contributed by atoms with Crippen LogP contribution in [-0.2, 0) is 4.79 Å². The molecule has 3 unspecified atom stereocenters. The summed E-state index contributed by atoms with van der Waals surface area (Å²) >= 11 is 0. The minimum atomic E-state index is -0.828. The van der Waals surface area contributed by atoms with Gasteiger partial charge in [-0.1, -0.05) is 26.8 Å². The molecule has 2 aliphatic carbocycles. The largest absolute Gasteiger partial charge is 0.481 e. The first-order valence-corrected chi connectivity index (χ1v) is 5.90. The number of carbonyl (C=O) groups is 1. The van der Waals surface area contributed by atoms with E-state index in [2.05, 4.69) is 20.8 Å². The van der Waals surface area contributed by atoms with Gasteiger partial charge in [-0.05, 0) is 29.7 Å². The lowest BCUT2D eigenvalue weighted by molar-refractivity contribution is -0.136. The van der Waals surface area contributed by atoms with Gasteiger partial charge < -0.3 is 10.2 Å². The van der Waals surface area contributed by atoms with Crippen molar-refractivity contribution in [2.45, 2.75) is 46.1 Å². The van der Waals surface area contributed by atoms with Crippen molar-refractivity contribution in [3.63, 3.8) is 0 Å². The molecule has 2 bridgehead atoms. The minimum absolute atomic E-state index is 0.0229. The third-order valence-corrected chi connectivity index (χ3v) is 5.13. The predicted octanol–water partition coefficient (Wildman–Crippen LogP) is 2.20. The summed E-state index contributed by atoms with van der Waals surface area (Å²) in [5, 5.41) is 19.0. The molecule has 2 aliphatic rings. The van der Waals surface area contributed by atoms with Crippen LogP contribution in [0, 0.1) is 16.7 Å². The van der Waals surface area contributed by atoms with Crippen LogP contribution >= 0.6 is 0 Å². The second-order valence-corrected chi connectivity index (χ2v) is 5.93. The van der Waals surface area contributed by atoms with E-state index in [0.717, 1.165) is 18.4 Å². The van der Waals surface area contributed by atoms with Gasteiger partial charge in [0.1, 0.15) is 0 Å². The van der Waals surface area contributed by atoms with Crippen molar-refractivity contribution in [2.75, 3.05) is 0 Å². The number of fused-ring (bicyclic) bond motifs is 2. The lowest BCUT2D eigenvalue weighted by atomic mass is 9.70. The Bertz CT molecular complexity index is 356. The Morgan fingerprint density at radius 3 is 2.56 bits per heavy atom. The van der Waals surface area contributed by atoms with Gasteiger partial charge in [-0.25, -0.2) is 0 Å². The van der Waals surface area contributed by atoms with E-state index in [9.17, 15) is 9.90 Å². The van der Waals surface area contributed by atoms with E-state index in [1.54, 1.807) is 6.08 Å². The molecule has 90 valence electrons. The zero-order valence-corrected chi connectivity index (χ0v) is 10.2. The van der Waals surface area contributed by atoms with Crippen molar-refractivity contribution in [1.29, 1.82) is 0 Å². The van der Waals surface area contributed by atoms with Crippen LogP contribution < -0.4 is 0 Å². The molecule has 3 heteroatoms. The van der Waals surface area contributed by atoms with Gasteiger partial charge in [0.25, 0.3) is 0 Å². The van der Waals surface area contributed by atoms with Crippen LogP contribution in [0.1, 0.15) is 40.0 Å². The lowest BCUT2D eigenvalue weighted by Gasteiger charge is -2.36. The smallest absolute Gasteiger partial charge is 0.307 e. The molecule has 0 aromatic heterocycles. The maximum atomic E-state index is 10.6. The summed E-state index contributed by atoms with van der Waals surface area (Å²) in [7, 11) is 0. The van der Waals surface area contributed by atoms with Crippen molar-refractivity contribution in [3.8, 4) is 0 Å². The lowest BCUT2D eigenvalue weighted by Crippen LogP contribution is -2.35. The number of carboxylic acid groups (broad SMARTS) is 1. The SMILES string of the molecule is CC1(C)C2CCC1(C)C(O)C2=CCC(=O)O. The van der Waals surface area contributed by atoms with Crippen molar-refractivity contribution in [1.82, 2.24) is 0 Å². The van der Waals surface area contributed by atoms with Gasteiger partial charge in [0.15, 0.2) is 0 Å². The Balaban J connectivity index is 2.33. The summed E-state index contributed by atoms with van der Waals surface area (Å²) in [6.07, 6.45) is 3.40. The number of hydrogen-bond donors (Lipinski definition) is 2. The molecule has 3 atom stereocenters. The molecule has 0 saturated heterocycles. The molecule has 0 amide bonds. The van der Waals surface area contributed by atoms with Crippen LogP contribution in [0.15, 0.2) is 11.6 Å². The maximum absolute atomic E-state index is 10.6. The minimum Gasteiger partial charge on any atom is -0.481 e. The van der Waals surface area contributed by atoms with Crippen LogP contribution in [0.4, 0.5) is 0 Å². The van der Waals surface area contributed by atoms with E-state index < -0.39 is 12.1 Å². The van der Waals surface area contributed by atoms with Crippen LogP contribution in [-0.4, -0.2) is 22.3 Å². The van der Waals surface area contributed by atoms with Crippen LogP contribution in [0.3, 0.4) is 0 Å². The first-order valence-electron chi connectivity index (χ1n) is 5.90. The second-order valence-electron chi connectivity index (χ2n) is 5.93. The molecule has 0 aromatic rings. The average Bonchev–Trinajstić information content (AvgIpc) is 2.47. The highest BCUT2D eigenvalue weighted by molar-refractivity contribution is 5.69. The average molecular weight is 224 g/mol. The third kappa shape index (κ3) is 1.27. The molecule has 0 aromatic carbocycles. The number of aliphatic hydroxyl groups is 1.